The number of anilines is 1. The molecule has 0 saturated carbocycles. The fourth-order valence-electron chi connectivity index (χ4n) is 1.67. The van der Waals surface area contributed by atoms with Gasteiger partial charge in [0.05, 0.1) is 16.4 Å². The minimum absolute atomic E-state index is 0.0974. The maximum absolute atomic E-state index is 11.4. The first-order valence-corrected chi connectivity index (χ1v) is 6.80. The van der Waals surface area contributed by atoms with Crippen LogP contribution in [0.5, 0.6) is 0 Å². The Bertz CT molecular complexity index is 633. The molecule has 19 heavy (non-hydrogen) atoms. The average molecular weight is 292 g/mol. The number of halogens is 1. The van der Waals surface area contributed by atoms with E-state index < -0.39 is 0 Å². The van der Waals surface area contributed by atoms with Gasteiger partial charge in [0.2, 0.25) is 5.91 Å². The summed E-state index contributed by atoms with van der Waals surface area (Å²) in [5.41, 5.74) is 1.45. The fraction of sp³-hybridized carbons (Fsp3) is 0.0769. The molecule has 0 aliphatic rings. The summed E-state index contributed by atoms with van der Waals surface area (Å²) in [5.74, 6) is -0.365. The van der Waals surface area contributed by atoms with Gasteiger partial charge in [0.15, 0.2) is 0 Å². The third kappa shape index (κ3) is 3.11. The Hall–Kier alpha value is -1.90. The second-order valence-corrected chi connectivity index (χ2v) is 4.68. The summed E-state index contributed by atoms with van der Waals surface area (Å²) in [4.78, 5) is 11.4. The molecule has 1 amide bonds. The number of hydrogen-bond donors (Lipinski definition) is 1. The van der Waals surface area contributed by atoms with Crippen molar-refractivity contribution in [2.24, 2.45) is 0 Å². The van der Waals surface area contributed by atoms with Crippen molar-refractivity contribution in [1.82, 2.24) is 4.57 Å². The number of nitrogens with zero attached hydrogens (tertiary/aromatic N) is 2. The van der Waals surface area contributed by atoms with Gasteiger partial charge in [-0.15, -0.1) is 11.6 Å². The number of aromatic nitrogens is 1. The maximum Gasteiger partial charge on any atom is 0.239 e. The number of alkyl halides is 1. The molecule has 0 spiro atoms. The summed E-state index contributed by atoms with van der Waals surface area (Å²) >= 11 is 6.56. The lowest BCUT2D eigenvalue weighted by atomic mass is 10.2. The minimum atomic E-state index is -0.268. The van der Waals surface area contributed by atoms with Gasteiger partial charge >= 0.3 is 0 Å². The number of para-hydroxylation sites is 2. The molecule has 0 fully saturated rings. The number of hydrogen-bond acceptors (Lipinski definition) is 3. The van der Waals surface area contributed by atoms with Gasteiger partial charge < -0.3 is 9.88 Å². The number of benzene rings is 1. The van der Waals surface area contributed by atoms with E-state index in [1.165, 1.54) is 0 Å². The van der Waals surface area contributed by atoms with Crippen LogP contribution in [0.15, 0.2) is 47.6 Å². The van der Waals surface area contributed by atoms with Crippen molar-refractivity contribution < 1.29 is 4.79 Å². The number of thiocyanates is 1. The highest BCUT2D eigenvalue weighted by Crippen LogP contribution is 2.26. The summed E-state index contributed by atoms with van der Waals surface area (Å²) in [6, 6.07) is 11.0. The molecule has 0 saturated heterocycles. The lowest BCUT2D eigenvalue weighted by molar-refractivity contribution is -0.113. The van der Waals surface area contributed by atoms with Crippen molar-refractivity contribution in [3.63, 3.8) is 0 Å². The van der Waals surface area contributed by atoms with Crippen molar-refractivity contribution in [2.45, 2.75) is 5.03 Å². The highest BCUT2D eigenvalue weighted by atomic mass is 35.5. The van der Waals surface area contributed by atoms with Crippen LogP contribution >= 0.6 is 23.4 Å². The number of carbonyl (C=O) groups is 1. The van der Waals surface area contributed by atoms with E-state index in [4.69, 9.17) is 16.9 Å². The monoisotopic (exact) mass is 291 g/mol. The van der Waals surface area contributed by atoms with Crippen LogP contribution in [-0.4, -0.2) is 16.4 Å². The first kappa shape index (κ1) is 13.5. The predicted octanol–water partition coefficient (Wildman–Crippen LogP) is 3.23. The van der Waals surface area contributed by atoms with Crippen LogP contribution in [0.2, 0.25) is 0 Å². The number of amides is 1. The molecule has 2 aromatic rings. The van der Waals surface area contributed by atoms with E-state index >= 15 is 0 Å². The Morgan fingerprint density at radius 1 is 1.37 bits per heavy atom. The highest BCUT2D eigenvalue weighted by molar-refractivity contribution is 8.03. The first-order valence-electron chi connectivity index (χ1n) is 5.44. The molecule has 96 valence electrons. The van der Waals surface area contributed by atoms with Crippen molar-refractivity contribution in [1.29, 1.82) is 5.26 Å². The van der Waals surface area contributed by atoms with Gasteiger partial charge in [0.1, 0.15) is 11.3 Å². The van der Waals surface area contributed by atoms with Crippen LogP contribution in [0, 0.1) is 10.7 Å². The molecule has 0 bridgehead atoms. The number of rotatable bonds is 4. The molecule has 6 heteroatoms. The SMILES string of the molecule is N#CSc1cccn1-c1ccccc1NC(=O)CCl. The minimum Gasteiger partial charge on any atom is -0.323 e. The lowest BCUT2D eigenvalue weighted by Crippen LogP contribution is -2.14. The van der Waals surface area contributed by atoms with E-state index in [0.717, 1.165) is 22.5 Å². The quantitative estimate of drug-likeness (QED) is 0.534. The molecule has 0 atom stereocenters. The summed E-state index contributed by atoms with van der Waals surface area (Å²) < 4.78 is 1.84. The highest BCUT2D eigenvalue weighted by Gasteiger charge is 2.10. The van der Waals surface area contributed by atoms with Crippen LogP contribution in [-0.2, 0) is 4.79 Å². The average Bonchev–Trinajstić information content (AvgIpc) is 2.88. The molecule has 0 aliphatic heterocycles. The summed E-state index contributed by atoms with van der Waals surface area (Å²) in [6.45, 7) is 0. The van der Waals surface area contributed by atoms with Gasteiger partial charge in [0, 0.05) is 18.0 Å². The Labute approximate surface area is 120 Å². The molecular weight excluding hydrogens is 282 g/mol. The van der Waals surface area contributed by atoms with Crippen LogP contribution in [0.4, 0.5) is 5.69 Å². The van der Waals surface area contributed by atoms with Crippen LogP contribution in [0.3, 0.4) is 0 Å². The first-order chi connectivity index (χ1) is 9.26. The molecule has 0 radical (unpaired) electrons. The summed E-state index contributed by atoms with van der Waals surface area (Å²) in [6.07, 6.45) is 1.84. The Morgan fingerprint density at radius 3 is 2.89 bits per heavy atom. The van der Waals surface area contributed by atoms with Crippen LogP contribution < -0.4 is 5.32 Å². The largest absolute Gasteiger partial charge is 0.323 e. The van der Waals surface area contributed by atoms with Crippen molar-refractivity contribution in [3.8, 4) is 11.1 Å². The normalized spacial score (nSPS) is 9.89. The van der Waals surface area contributed by atoms with Gasteiger partial charge in [-0.25, -0.2) is 0 Å². The maximum atomic E-state index is 11.4. The number of carbonyl (C=O) groups excluding carboxylic acids is 1. The molecule has 1 aromatic carbocycles. The zero-order chi connectivity index (χ0) is 13.7. The molecule has 0 unspecified atom stereocenters. The van der Waals surface area contributed by atoms with Gasteiger partial charge in [-0.1, -0.05) is 12.1 Å². The standard InChI is InChI=1S/C13H10ClN3OS/c14-8-12(18)16-10-4-1-2-5-11(10)17-7-3-6-13(17)19-9-15/h1-7H,8H2,(H,16,18). The van der Waals surface area contributed by atoms with E-state index in [0.29, 0.717) is 5.69 Å². The molecular formula is C13H10ClN3OS. The van der Waals surface area contributed by atoms with Crippen molar-refractivity contribution in [3.05, 3.63) is 42.6 Å². The number of thioether (sulfide) groups is 1. The van der Waals surface area contributed by atoms with Gasteiger partial charge in [-0.2, -0.15) is 5.26 Å². The van der Waals surface area contributed by atoms with Crippen molar-refractivity contribution >= 4 is 35.0 Å². The Kier molecular flexibility index (Phi) is 4.50. The van der Waals surface area contributed by atoms with E-state index in [-0.39, 0.29) is 11.8 Å². The number of nitrogens with one attached hydrogen (secondary N) is 1. The van der Waals surface area contributed by atoms with Crippen LogP contribution in [0.1, 0.15) is 0 Å². The van der Waals surface area contributed by atoms with Crippen LogP contribution in [0.25, 0.3) is 5.69 Å². The second kappa shape index (κ2) is 6.32. The van der Waals surface area contributed by atoms with Gasteiger partial charge in [0.25, 0.3) is 0 Å². The Morgan fingerprint density at radius 2 is 2.16 bits per heavy atom. The molecule has 4 nitrogen and oxygen atoms in total. The summed E-state index contributed by atoms with van der Waals surface area (Å²) in [5, 5.41) is 14.3. The molecule has 1 N–H and O–H groups in total. The predicted molar refractivity (Wildman–Crippen MR) is 76.6 cm³/mol. The van der Waals surface area contributed by atoms with E-state index in [1.54, 1.807) is 6.07 Å². The third-order valence-corrected chi connectivity index (χ3v) is 3.30. The molecule has 0 aliphatic carbocycles. The van der Waals surface area contributed by atoms with Crippen molar-refractivity contribution in [2.75, 3.05) is 11.2 Å². The smallest absolute Gasteiger partial charge is 0.239 e. The van der Waals surface area contributed by atoms with Gasteiger partial charge in [-0.05, 0) is 24.3 Å². The third-order valence-electron chi connectivity index (χ3n) is 2.42. The van der Waals surface area contributed by atoms with Gasteiger partial charge in [-0.3, -0.25) is 4.79 Å². The fourth-order valence-corrected chi connectivity index (χ4v) is 2.23. The van der Waals surface area contributed by atoms with E-state index in [9.17, 15) is 4.79 Å². The topological polar surface area (TPSA) is 57.8 Å². The lowest BCUT2D eigenvalue weighted by Gasteiger charge is -2.12. The Balaban J connectivity index is 2.42. The second-order valence-electron chi connectivity index (χ2n) is 3.61. The molecule has 1 aromatic heterocycles. The molecule has 2 rings (SSSR count). The zero-order valence-corrected chi connectivity index (χ0v) is 11.4. The van der Waals surface area contributed by atoms with E-state index in [2.05, 4.69) is 5.32 Å². The molecule has 1 heterocycles. The zero-order valence-electron chi connectivity index (χ0n) is 9.84. The van der Waals surface area contributed by atoms with E-state index in [1.807, 2.05) is 46.5 Å². The number of nitriles is 1. The summed E-state index contributed by atoms with van der Waals surface area (Å²) in [7, 11) is 0.